The monoisotopic (exact) mass is 248 g/mol. The smallest absolute Gasteiger partial charge is 0.337 e. The van der Waals surface area contributed by atoms with Crippen LogP contribution in [0.2, 0.25) is 0 Å². The lowest BCUT2D eigenvalue weighted by molar-refractivity contribution is -0.129. The van der Waals surface area contributed by atoms with E-state index in [9.17, 15) is 9.59 Å². The number of anilines is 1. The molecule has 0 saturated carbocycles. The van der Waals surface area contributed by atoms with Gasteiger partial charge in [0.2, 0.25) is 5.91 Å². The molecule has 1 aromatic rings. The molecule has 0 unspecified atom stereocenters. The second-order valence-corrected chi connectivity index (χ2v) is 4.32. The highest BCUT2D eigenvalue weighted by molar-refractivity contribution is 5.94. The molecule has 0 aliphatic carbocycles. The maximum Gasteiger partial charge on any atom is 0.337 e. The van der Waals surface area contributed by atoms with Crippen molar-refractivity contribution < 1.29 is 14.7 Å². The van der Waals surface area contributed by atoms with Gasteiger partial charge in [-0.15, -0.1) is 0 Å². The maximum absolute atomic E-state index is 11.2. The Morgan fingerprint density at radius 3 is 2.28 bits per heavy atom. The predicted octanol–water partition coefficient (Wildman–Crippen LogP) is 1.05. The molecule has 0 spiro atoms. The topological polar surface area (TPSA) is 60.9 Å². The Morgan fingerprint density at radius 2 is 1.72 bits per heavy atom. The van der Waals surface area contributed by atoms with Crippen molar-refractivity contribution in [2.24, 2.45) is 0 Å². The van der Waals surface area contributed by atoms with E-state index in [1.165, 1.54) is 0 Å². The number of hydrogen-bond acceptors (Lipinski definition) is 3. The minimum atomic E-state index is -0.917. The Kier molecular flexibility index (Phi) is 3.50. The van der Waals surface area contributed by atoms with Crippen LogP contribution in [0.3, 0.4) is 0 Å². The molecule has 1 heterocycles. The van der Waals surface area contributed by atoms with E-state index >= 15 is 0 Å². The molecule has 0 aromatic heterocycles. The number of carbonyl (C=O) groups is 2. The Morgan fingerprint density at radius 1 is 1.11 bits per heavy atom. The average Bonchev–Trinajstić information content (AvgIpc) is 2.39. The third-order valence-corrected chi connectivity index (χ3v) is 3.20. The van der Waals surface area contributed by atoms with Crippen LogP contribution >= 0.6 is 0 Å². The Balaban J connectivity index is 2.15. The van der Waals surface area contributed by atoms with Crippen molar-refractivity contribution in [2.75, 3.05) is 31.1 Å². The number of rotatable bonds is 2. The van der Waals surface area contributed by atoms with Gasteiger partial charge in [0.15, 0.2) is 0 Å². The highest BCUT2D eigenvalue weighted by atomic mass is 16.4. The third-order valence-electron chi connectivity index (χ3n) is 3.20. The summed E-state index contributed by atoms with van der Waals surface area (Å²) in [4.78, 5) is 26.2. The van der Waals surface area contributed by atoms with Gasteiger partial charge in [-0.3, -0.25) is 4.79 Å². The number of hydrogen-bond donors (Lipinski definition) is 1. The van der Waals surface area contributed by atoms with Gasteiger partial charge in [0.05, 0.1) is 11.3 Å². The number of carbonyl (C=O) groups excluding carboxylic acids is 1. The van der Waals surface area contributed by atoms with E-state index < -0.39 is 5.97 Å². The molecule has 1 fully saturated rings. The number of benzene rings is 1. The van der Waals surface area contributed by atoms with Crippen molar-refractivity contribution in [1.82, 2.24) is 4.90 Å². The lowest BCUT2D eigenvalue weighted by Crippen LogP contribution is -2.48. The fourth-order valence-corrected chi connectivity index (χ4v) is 2.19. The van der Waals surface area contributed by atoms with Crippen LogP contribution in [0.4, 0.5) is 5.69 Å². The van der Waals surface area contributed by atoms with Crippen molar-refractivity contribution in [3.63, 3.8) is 0 Å². The fraction of sp³-hybridized carbons (Fsp3) is 0.385. The number of carboxylic acid groups (broad SMARTS) is 1. The van der Waals surface area contributed by atoms with Gasteiger partial charge in [0, 0.05) is 33.1 Å². The first-order valence-corrected chi connectivity index (χ1v) is 5.92. The summed E-state index contributed by atoms with van der Waals surface area (Å²) in [5.74, 6) is -0.847. The van der Waals surface area contributed by atoms with Crippen molar-refractivity contribution in [3.05, 3.63) is 29.8 Å². The van der Waals surface area contributed by atoms with E-state index in [1.807, 2.05) is 17.0 Å². The Bertz CT molecular complexity index is 465. The van der Waals surface area contributed by atoms with Crippen LogP contribution < -0.4 is 4.90 Å². The SMILES string of the molecule is CC(=O)N1CCN(c2ccccc2C(=O)O)CC1. The van der Waals surface area contributed by atoms with Gasteiger partial charge in [-0.25, -0.2) is 4.79 Å². The van der Waals surface area contributed by atoms with Gasteiger partial charge in [0.1, 0.15) is 0 Å². The molecule has 2 rings (SSSR count). The summed E-state index contributed by atoms with van der Waals surface area (Å²) in [5.41, 5.74) is 1.04. The van der Waals surface area contributed by atoms with Gasteiger partial charge in [0.25, 0.3) is 0 Å². The molecule has 5 heteroatoms. The van der Waals surface area contributed by atoms with Gasteiger partial charge < -0.3 is 14.9 Å². The van der Waals surface area contributed by atoms with Crippen LogP contribution in [0.5, 0.6) is 0 Å². The lowest BCUT2D eigenvalue weighted by Gasteiger charge is -2.36. The lowest BCUT2D eigenvalue weighted by atomic mass is 10.1. The van der Waals surface area contributed by atoms with E-state index in [-0.39, 0.29) is 5.91 Å². The summed E-state index contributed by atoms with van der Waals surface area (Å²) in [6, 6.07) is 6.97. The first-order valence-electron chi connectivity index (χ1n) is 5.92. The highest BCUT2D eigenvalue weighted by Gasteiger charge is 2.21. The first kappa shape index (κ1) is 12.4. The molecule has 1 saturated heterocycles. The molecular formula is C13H16N2O3. The summed E-state index contributed by atoms with van der Waals surface area (Å²) in [5, 5.41) is 9.15. The van der Waals surface area contributed by atoms with Gasteiger partial charge in [-0.05, 0) is 12.1 Å². The largest absolute Gasteiger partial charge is 0.478 e. The summed E-state index contributed by atoms with van der Waals surface area (Å²) in [6.45, 7) is 4.18. The van der Waals surface area contributed by atoms with Crippen molar-refractivity contribution in [2.45, 2.75) is 6.92 Å². The number of para-hydroxylation sites is 1. The molecule has 0 atom stereocenters. The molecule has 18 heavy (non-hydrogen) atoms. The second-order valence-electron chi connectivity index (χ2n) is 4.32. The van der Waals surface area contributed by atoms with Crippen LogP contribution in [0.1, 0.15) is 17.3 Å². The maximum atomic E-state index is 11.2. The zero-order chi connectivity index (χ0) is 13.1. The minimum Gasteiger partial charge on any atom is -0.478 e. The highest BCUT2D eigenvalue weighted by Crippen LogP contribution is 2.21. The summed E-state index contributed by atoms with van der Waals surface area (Å²) >= 11 is 0. The van der Waals surface area contributed by atoms with Crippen molar-refractivity contribution in [1.29, 1.82) is 0 Å². The van der Waals surface area contributed by atoms with Crippen LogP contribution in [-0.4, -0.2) is 48.1 Å². The molecule has 1 amide bonds. The molecule has 0 radical (unpaired) electrons. The zero-order valence-electron chi connectivity index (χ0n) is 10.3. The summed E-state index contributed by atoms with van der Waals surface area (Å²) in [7, 11) is 0. The van der Waals surface area contributed by atoms with Crippen LogP contribution in [0, 0.1) is 0 Å². The van der Waals surface area contributed by atoms with Crippen molar-refractivity contribution in [3.8, 4) is 0 Å². The average molecular weight is 248 g/mol. The molecule has 1 aromatic carbocycles. The minimum absolute atomic E-state index is 0.0705. The summed E-state index contributed by atoms with van der Waals surface area (Å²) in [6.07, 6.45) is 0. The molecule has 1 aliphatic heterocycles. The number of nitrogens with zero attached hydrogens (tertiary/aromatic N) is 2. The van der Waals surface area contributed by atoms with Gasteiger partial charge in [-0.1, -0.05) is 12.1 Å². The number of amides is 1. The van der Waals surface area contributed by atoms with Crippen molar-refractivity contribution >= 4 is 17.6 Å². The quantitative estimate of drug-likeness (QED) is 0.850. The van der Waals surface area contributed by atoms with E-state index in [4.69, 9.17) is 5.11 Å². The molecule has 96 valence electrons. The van der Waals surface area contributed by atoms with E-state index in [1.54, 1.807) is 24.0 Å². The molecule has 0 bridgehead atoms. The van der Waals surface area contributed by atoms with E-state index in [2.05, 4.69) is 0 Å². The van der Waals surface area contributed by atoms with E-state index in [0.29, 0.717) is 31.7 Å². The zero-order valence-corrected chi connectivity index (χ0v) is 10.3. The fourth-order valence-electron chi connectivity index (χ4n) is 2.19. The summed E-state index contributed by atoms with van der Waals surface area (Å²) < 4.78 is 0. The Labute approximate surface area is 106 Å². The molecule has 1 aliphatic rings. The van der Waals surface area contributed by atoms with Gasteiger partial charge in [-0.2, -0.15) is 0 Å². The predicted molar refractivity (Wildman–Crippen MR) is 67.9 cm³/mol. The number of aromatic carboxylic acids is 1. The van der Waals surface area contributed by atoms with Gasteiger partial charge >= 0.3 is 5.97 Å². The third kappa shape index (κ3) is 2.45. The normalized spacial score (nSPS) is 15.6. The first-order chi connectivity index (χ1) is 8.59. The molecule has 1 N–H and O–H groups in total. The molecule has 5 nitrogen and oxygen atoms in total. The molecular weight excluding hydrogens is 232 g/mol. The van der Waals surface area contributed by atoms with Crippen LogP contribution in [0.25, 0.3) is 0 Å². The number of carboxylic acids is 1. The van der Waals surface area contributed by atoms with Crippen LogP contribution in [-0.2, 0) is 4.79 Å². The second kappa shape index (κ2) is 5.08. The van der Waals surface area contributed by atoms with E-state index in [0.717, 1.165) is 5.69 Å². The standard InChI is InChI=1S/C13H16N2O3/c1-10(16)14-6-8-15(9-7-14)12-5-3-2-4-11(12)13(17)18/h2-5H,6-9H2,1H3,(H,17,18). The number of piperazine rings is 1. The van der Waals surface area contributed by atoms with Crippen LogP contribution in [0.15, 0.2) is 24.3 Å². The Hall–Kier alpha value is -2.04.